The Hall–Kier alpha value is -2.94. The first-order valence-electron chi connectivity index (χ1n) is 8.57. The zero-order chi connectivity index (χ0) is 20.6. The van der Waals surface area contributed by atoms with Crippen molar-refractivity contribution in [2.45, 2.75) is 13.5 Å². The first-order valence-corrected chi connectivity index (χ1v) is 10.5. The van der Waals surface area contributed by atoms with Crippen LogP contribution in [0.25, 0.3) is 0 Å². The molecule has 0 saturated heterocycles. The van der Waals surface area contributed by atoms with Gasteiger partial charge in [0.1, 0.15) is 17.2 Å². The molecule has 0 amide bonds. The molecule has 0 fully saturated rings. The van der Waals surface area contributed by atoms with Gasteiger partial charge in [0.2, 0.25) is 16.0 Å². The van der Waals surface area contributed by atoms with Gasteiger partial charge >= 0.3 is 0 Å². The maximum Gasteiger partial charge on any atom is 0.232 e. The first kappa shape index (κ1) is 21.4. The molecule has 2 rings (SSSR count). The van der Waals surface area contributed by atoms with Crippen molar-refractivity contribution < 1.29 is 22.6 Å². The molecular weight excluding hydrogens is 382 g/mol. The number of benzene rings is 2. The van der Waals surface area contributed by atoms with E-state index in [2.05, 4.69) is 15.0 Å². The van der Waals surface area contributed by atoms with Crippen LogP contribution in [0.1, 0.15) is 12.5 Å². The molecule has 0 heterocycles. The van der Waals surface area contributed by atoms with Crippen LogP contribution in [0.2, 0.25) is 0 Å². The summed E-state index contributed by atoms with van der Waals surface area (Å²) in [4.78, 5) is 4.37. The summed E-state index contributed by atoms with van der Waals surface area (Å²) in [6.45, 7) is 2.65. The average Bonchev–Trinajstić information content (AvgIpc) is 2.66. The second kappa shape index (κ2) is 9.84. The van der Waals surface area contributed by atoms with Crippen molar-refractivity contribution in [3.8, 4) is 17.2 Å². The molecule has 0 radical (unpaired) electrons. The molecular formula is C19H25N3O5S. The monoisotopic (exact) mass is 407 g/mol. The molecule has 0 aromatic heterocycles. The molecule has 0 aliphatic carbocycles. The van der Waals surface area contributed by atoms with Gasteiger partial charge in [0.25, 0.3) is 0 Å². The van der Waals surface area contributed by atoms with Crippen LogP contribution in [0.15, 0.2) is 47.5 Å². The van der Waals surface area contributed by atoms with Gasteiger partial charge in [0.05, 0.1) is 33.6 Å². The Morgan fingerprint density at radius 2 is 1.71 bits per heavy atom. The van der Waals surface area contributed by atoms with E-state index < -0.39 is 10.0 Å². The Morgan fingerprint density at radius 3 is 2.29 bits per heavy atom. The lowest BCUT2D eigenvalue weighted by molar-refractivity contribution is 0.340. The number of rotatable bonds is 8. The van der Waals surface area contributed by atoms with Gasteiger partial charge in [0.15, 0.2) is 0 Å². The maximum absolute atomic E-state index is 11.7. The van der Waals surface area contributed by atoms with Gasteiger partial charge in [-0.1, -0.05) is 0 Å². The molecule has 8 nitrogen and oxygen atoms in total. The maximum atomic E-state index is 11.7. The standard InChI is InChI=1S/C19H25N3O5S/c1-5-27-16-8-6-15(7-9-16)21-19(22-28(4,23)24)20-13-14-12-17(25-2)10-11-18(14)26-3/h6-12H,5,13H2,1-4H3,(H2,20,21,22). The molecule has 152 valence electrons. The quantitative estimate of drug-likeness (QED) is 0.516. The number of methoxy groups -OCH3 is 2. The Morgan fingerprint density at radius 1 is 1.04 bits per heavy atom. The van der Waals surface area contributed by atoms with Gasteiger partial charge in [0, 0.05) is 11.3 Å². The second-order valence-electron chi connectivity index (χ2n) is 5.80. The lowest BCUT2D eigenvalue weighted by Crippen LogP contribution is -2.35. The minimum atomic E-state index is -3.52. The van der Waals surface area contributed by atoms with Crippen molar-refractivity contribution in [2.75, 3.05) is 32.4 Å². The summed E-state index contributed by atoms with van der Waals surface area (Å²) in [6.07, 6.45) is 1.06. The normalized spacial score (nSPS) is 11.6. The molecule has 0 aliphatic rings. The van der Waals surface area contributed by atoms with Crippen LogP contribution in [0.4, 0.5) is 5.69 Å². The zero-order valence-electron chi connectivity index (χ0n) is 16.4. The summed E-state index contributed by atoms with van der Waals surface area (Å²) in [6, 6.07) is 12.5. The molecule has 0 unspecified atom stereocenters. The molecule has 0 saturated carbocycles. The van der Waals surface area contributed by atoms with E-state index >= 15 is 0 Å². The Kier molecular flexibility index (Phi) is 7.51. The third-order valence-electron chi connectivity index (χ3n) is 3.61. The van der Waals surface area contributed by atoms with Crippen LogP contribution < -0.4 is 24.2 Å². The smallest absolute Gasteiger partial charge is 0.232 e. The van der Waals surface area contributed by atoms with Crippen LogP contribution in [-0.4, -0.2) is 41.5 Å². The third kappa shape index (κ3) is 6.66. The van der Waals surface area contributed by atoms with Gasteiger partial charge in [-0.3, -0.25) is 4.72 Å². The van der Waals surface area contributed by atoms with E-state index in [1.54, 1.807) is 56.7 Å². The van der Waals surface area contributed by atoms with Gasteiger partial charge in [-0.25, -0.2) is 13.4 Å². The van der Waals surface area contributed by atoms with E-state index in [0.717, 1.165) is 17.6 Å². The van der Waals surface area contributed by atoms with E-state index in [4.69, 9.17) is 14.2 Å². The van der Waals surface area contributed by atoms with Gasteiger partial charge in [-0.15, -0.1) is 0 Å². The van der Waals surface area contributed by atoms with Gasteiger partial charge < -0.3 is 19.5 Å². The van der Waals surface area contributed by atoms with Crippen molar-refractivity contribution in [3.63, 3.8) is 0 Å². The molecule has 0 aliphatic heterocycles. The van der Waals surface area contributed by atoms with Crippen molar-refractivity contribution >= 4 is 21.7 Å². The summed E-state index contributed by atoms with van der Waals surface area (Å²) in [5.74, 6) is 2.10. The number of nitrogens with zero attached hydrogens (tertiary/aromatic N) is 1. The Bertz CT molecular complexity index is 912. The van der Waals surface area contributed by atoms with Crippen LogP contribution in [0.3, 0.4) is 0 Å². The topological polar surface area (TPSA) is 98.2 Å². The van der Waals surface area contributed by atoms with Gasteiger partial charge in [-0.2, -0.15) is 0 Å². The number of sulfonamides is 1. The van der Waals surface area contributed by atoms with E-state index in [0.29, 0.717) is 23.8 Å². The summed E-state index contributed by atoms with van der Waals surface area (Å²) < 4.78 is 41.8. The fourth-order valence-electron chi connectivity index (χ4n) is 2.38. The van der Waals surface area contributed by atoms with Crippen LogP contribution >= 0.6 is 0 Å². The van der Waals surface area contributed by atoms with Gasteiger partial charge in [-0.05, 0) is 49.4 Å². The zero-order valence-corrected chi connectivity index (χ0v) is 17.2. The first-order chi connectivity index (χ1) is 13.3. The van der Waals surface area contributed by atoms with Crippen molar-refractivity contribution in [3.05, 3.63) is 48.0 Å². The highest BCUT2D eigenvalue weighted by atomic mass is 32.2. The number of ether oxygens (including phenoxy) is 3. The predicted octanol–water partition coefficient (Wildman–Crippen LogP) is 2.62. The predicted molar refractivity (Wildman–Crippen MR) is 110 cm³/mol. The van der Waals surface area contributed by atoms with Crippen molar-refractivity contribution in [2.24, 2.45) is 4.99 Å². The number of hydrogen-bond donors (Lipinski definition) is 2. The SMILES string of the molecule is CCOc1ccc(NC(=NCc2cc(OC)ccc2OC)NS(C)(=O)=O)cc1. The molecule has 9 heteroatoms. The molecule has 0 atom stereocenters. The number of guanidine groups is 1. The summed E-state index contributed by atoms with van der Waals surface area (Å²) >= 11 is 0. The molecule has 2 aromatic carbocycles. The van der Waals surface area contributed by atoms with Crippen LogP contribution in [-0.2, 0) is 16.6 Å². The molecule has 28 heavy (non-hydrogen) atoms. The number of hydrogen-bond acceptors (Lipinski definition) is 6. The third-order valence-corrected chi connectivity index (χ3v) is 4.17. The minimum absolute atomic E-state index is 0.0940. The fraction of sp³-hybridized carbons (Fsp3) is 0.316. The summed E-state index contributed by atoms with van der Waals surface area (Å²) in [7, 11) is -0.390. The van der Waals surface area contributed by atoms with E-state index in [1.807, 2.05) is 6.92 Å². The highest BCUT2D eigenvalue weighted by Crippen LogP contribution is 2.24. The van der Waals surface area contributed by atoms with E-state index in [9.17, 15) is 8.42 Å². The summed E-state index contributed by atoms with van der Waals surface area (Å²) in [5.41, 5.74) is 1.42. The Labute approximate surface area is 165 Å². The highest BCUT2D eigenvalue weighted by molar-refractivity contribution is 7.89. The second-order valence-corrected chi connectivity index (χ2v) is 7.55. The average molecular weight is 407 g/mol. The number of nitrogens with one attached hydrogen (secondary N) is 2. The summed E-state index contributed by atoms with van der Waals surface area (Å²) in [5, 5.41) is 2.97. The molecule has 2 N–H and O–H groups in total. The van der Waals surface area contributed by atoms with Crippen molar-refractivity contribution in [1.82, 2.24) is 4.72 Å². The lowest BCUT2D eigenvalue weighted by atomic mass is 10.2. The van der Waals surface area contributed by atoms with E-state index in [1.165, 1.54) is 0 Å². The van der Waals surface area contributed by atoms with Crippen LogP contribution in [0, 0.1) is 0 Å². The fourth-order valence-corrected chi connectivity index (χ4v) is 2.85. The lowest BCUT2D eigenvalue weighted by Gasteiger charge is -2.13. The number of anilines is 1. The van der Waals surface area contributed by atoms with Crippen molar-refractivity contribution in [1.29, 1.82) is 0 Å². The van der Waals surface area contributed by atoms with Crippen LogP contribution in [0.5, 0.6) is 17.2 Å². The minimum Gasteiger partial charge on any atom is -0.497 e. The molecule has 0 spiro atoms. The largest absolute Gasteiger partial charge is 0.497 e. The molecule has 0 bridgehead atoms. The number of aliphatic imine (C=N–C) groups is 1. The molecule has 2 aromatic rings. The highest BCUT2D eigenvalue weighted by Gasteiger charge is 2.10. The van der Waals surface area contributed by atoms with E-state index in [-0.39, 0.29) is 12.5 Å². The Balaban J connectivity index is 2.25.